The number of rotatable bonds is 7. The molecule has 0 aliphatic rings. The third-order valence-corrected chi connectivity index (χ3v) is 3.42. The molecule has 4 nitrogen and oxygen atoms in total. The molecule has 0 bridgehead atoms. The fraction of sp³-hybridized carbons (Fsp3) is 0.375. The topological polar surface area (TPSA) is 55.4 Å². The summed E-state index contributed by atoms with van der Waals surface area (Å²) in [5, 5.41) is 2.73. The zero-order chi connectivity index (χ0) is 15.7. The van der Waals surface area contributed by atoms with E-state index in [0.717, 1.165) is 15.6 Å². The van der Waals surface area contributed by atoms with Crippen molar-refractivity contribution in [3.63, 3.8) is 0 Å². The van der Waals surface area contributed by atoms with Gasteiger partial charge in [-0.15, -0.1) is 0 Å². The zero-order valence-corrected chi connectivity index (χ0v) is 13.9. The Bertz CT molecular complexity index is 526. The van der Waals surface area contributed by atoms with Gasteiger partial charge in [-0.1, -0.05) is 28.1 Å². The monoisotopic (exact) mass is 353 g/mol. The van der Waals surface area contributed by atoms with E-state index in [9.17, 15) is 9.59 Å². The van der Waals surface area contributed by atoms with Crippen LogP contribution in [0.15, 0.2) is 28.7 Å². The SMILES string of the molecule is CCOC(=O)CCCNC(=O)C=Cc1ccc(C)cc1Br. The largest absolute Gasteiger partial charge is 0.466 e. The van der Waals surface area contributed by atoms with Crippen LogP contribution in [-0.2, 0) is 14.3 Å². The van der Waals surface area contributed by atoms with Crippen LogP contribution < -0.4 is 5.32 Å². The van der Waals surface area contributed by atoms with E-state index in [-0.39, 0.29) is 11.9 Å². The van der Waals surface area contributed by atoms with Crippen molar-refractivity contribution in [3.8, 4) is 0 Å². The summed E-state index contributed by atoms with van der Waals surface area (Å²) in [7, 11) is 0. The van der Waals surface area contributed by atoms with E-state index in [1.165, 1.54) is 6.08 Å². The maximum atomic E-state index is 11.6. The predicted octanol–water partition coefficient (Wildman–Crippen LogP) is 3.23. The van der Waals surface area contributed by atoms with E-state index >= 15 is 0 Å². The first-order chi connectivity index (χ1) is 10.0. The van der Waals surface area contributed by atoms with Gasteiger partial charge in [0.1, 0.15) is 0 Å². The van der Waals surface area contributed by atoms with Crippen LogP contribution in [0.1, 0.15) is 30.9 Å². The number of carbonyl (C=O) groups excluding carboxylic acids is 2. The maximum absolute atomic E-state index is 11.6. The molecule has 5 heteroatoms. The molecular weight excluding hydrogens is 334 g/mol. The van der Waals surface area contributed by atoms with Crippen LogP contribution in [0.4, 0.5) is 0 Å². The van der Waals surface area contributed by atoms with Crippen LogP contribution in [0.3, 0.4) is 0 Å². The Morgan fingerprint density at radius 3 is 2.81 bits per heavy atom. The van der Waals surface area contributed by atoms with Crippen LogP contribution >= 0.6 is 15.9 Å². The fourth-order valence-electron chi connectivity index (χ4n) is 1.67. The highest BCUT2D eigenvalue weighted by Gasteiger charge is 2.02. The van der Waals surface area contributed by atoms with Gasteiger partial charge in [0.15, 0.2) is 0 Å². The summed E-state index contributed by atoms with van der Waals surface area (Å²) in [5.74, 6) is -0.405. The maximum Gasteiger partial charge on any atom is 0.305 e. The third kappa shape index (κ3) is 7.09. The van der Waals surface area contributed by atoms with Crippen LogP contribution in [-0.4, -0.2) is 25.0 Å². The van der Waals surface area contributed by atoms with Crippen molar-refractivity contribution >= 4 is 33.9 Å². The summed E-state index contributed by atoms with van der Waals surface area (Å²) in [6.45, 7) is 4.62. The molecule has 1 N–H and O–H groups in total. The third-order valence-electron chi connectivity index (χ3n) is 2.73. The van der Waals surface area contributed by atoms with Crippen LogP contribution in [0, 0.1) is 6.92 Å². The highest BCUT2D eigenvalue weighted by atomic mass is 79.9. The number of halogens is 1. The minimum Gasteiger partial charge on any atom is -0.466 e. The Labute approximate surface area is 133 Å². The quantitative estimate of drug-likeness (QED) is 0.465. The number of hydrogen-bond acceptors (Lipinski definition) is 3. The molecule has 0 aliphatic heterocycles. The van der Waals surface area contributed by atoms with Gasteiger partial charge < -0.3 is 10.1 Å². The van der Waals surface area contributed by atoms with Gasteiger partial charge in [0.05, 0.1) is 6.61 Å². The number of nitrogens with one attached hydrogen (secondary N) is 1. The molecule has 0 aromatic heterocycles. The Balaban J connectivity index is 2.33. The van der Waals surface area contributed by atoms with Crippen LogP contribution in [0.2, 0.25) is 0 Å². The average Bonchev–Trinajstić information content (AvgIpc) is 2.43. The zero-order valence-electron chi connectivity index (χ0n) is 12.3. The second-order valence-corrected chi connectivity index (χ2v) is 5.41. The lowest BCUT2D eigenvalue weighted by atomic mass is 10.1. The smallest absolute Gasteiger partial charge is 0.305 e. The van der Waals surface area contributed by atoms with Gasteiger partial charge in [-0.3, -0.25) is 9.59 Å². The lowest BCUT2D eigenvalue weighted by Gasteiger charge is -2.03. The molecule has 0 fully saturated rings. The Morgan fingerprint density at radius 1 is 1.38 bits per heavy atom. The summed E-state index contributed by atoms with van der Waals surface area (Å²) in [4.78, 5) is 22.7. The number of amides is 1. The van der Waals surface area contributed by atoms with Gasteiger partial charge in [0, 0.05) is 23.5 Å². The molecule has 21 heavy (non-hydrogen) atoms. The average molecular weight is 354 g/mol. The van der Waals surface area contributed by atoms with E-state index in [1.807, 2.05) is 25.1 Å². The van der Waals surface area contributed by atoms with Crippen LogP contribution in [0.5, 0.6) is 0 Å². The number of carbonyl (C=O) groups is 2. The van der Waals surface area contributed by atoms with Crippen molar-refractivity contribution in [2.45, 2.75) is 26.7 Å². The molecule has 0 aliphatic carbocycles. The van der Waals surface area contributed by atoms with Crippen molar-refractivity contribution < 1.29 is 14.3 Å². The molecular formula is C16H20BrNO3. The van der Waals surface area contributed by atoms with E-state index in [1.54, 1.807) is 13.0 Å². The predicted molar refractivity (Wildman–Crippen MR) is 86.8 cm³/mol. The Kier molecular flexibility index (Phi) is 7.75. The van der Waals surface area contributed by atoms with Crippen LogP contribution in [0.25, 0.3) is 6.08 Å². The molecule has 0 atom stereocenters. The second-order valence-electron chi connectivity index (χ2n) is 4.56. The highest BCUT2D eigenvalue weighted by molar-refractivity contribution is 9.10. The summed E-state index contributed by atoms with van der Waals surface area (Å²) in [5.41, 5.74) is 2.10. The fourth-order valence-corrected chi connectivity index (χ4v) is 2.29. The van der Waals surface area contributed by atoms with Gasteiger partial charge in [-0.2, -0.15) is 0 Å². The summed E-state index contributed by atoms with van der Waals surface area (Å²) < 4.78 is 5.76. The van der Waals surface area contributed by atoms with E-state index in [2.05, 4.69) is 21.2 Å². The van der Waals surface area contributed by atoms with Crippen molar-refractivity contribution in [1.29, 1.82) is 0 Å². The summed E-state index contributed by atoms with van der Waals surface area (Å²) in [6.07, 6.45) is 4.14. The molecule has 0 saturated heterocycles. The lowest BCUT2D eigenvalue weighted by molar-refractivity contribution is -0.143. The lowest BCUT2D eigenvalue weighted by Crippen LogP contribution is -2.22. The standard InChI is InChI=1S/C16H20BrNO3/c1-3-21-16(20)5-4-10-18-15(19)9-8-13-7-6-12(2)11-14(13)17/h6-9,11H,3-5,10H2,1-2H3,(H,18,19). The molecule has 1 rings (SSSR count). The summed E-state index contributed by atoms with van der Waals surface area (Å²) in [6, 6.07) is 5.93. The highest BCUT2D eigenvalue weighted by Crippen LogP contribution is 2.19. The van der Waals surface area contributed by atoms with Gasteiger partial charge in [0.25, 0.3) is 0 Å². The number of hydrogen-bond donors (Lipinski definition) is 1. The first-order valence-corrected chi connectivity index (χ1v) is 7.70. The molecule has 0 saturated carbocycles. The minimum atomic E-state index is -0.231. The molecule has 1 amide bonds. The first-order valence-electron chi connectivity index (χ1n) is 6.90. The number of aryl methyl sites for hydroxylation is 1. The van der Waals surface area contributed by atoms with E-state index < -0.39 is 0 Å². The second kappa shape index (κ2) is 9.34. The van der Waals surface area contributed by atoms with E-state index in [4.69, 9.17) is 4.74 Å². The molecule has 0 heterocycles. The molecule has 0 spiro atoms. The normalized spacial score (nSPS) is 10.6. The number of esters is 1. The number of ether oxygens (including phenoxy) is 1. The van der Waals surface area contributed by atoms with Crippen molar-refractivity contribution in [1.82, 2.24) is 5.32 Å². The van der Waals surface area contributed by atoms with Gasteiger partial charge in [-0.25, -0.2) is 0 Å². The van der Waals surface area contributed by atoms with Crippen molar-refractivity contribution in [3.05, 3.63) is 39.9 Å². The first kappa shape index (κ1) is 17.4. The van der Waals surface area contributed by atoms with Crippen molar-refractivity contribution in [2.75, 3.05) is 13.2 Å². The Hall–Kier alpha value is -1.62. The van der Waals surface area contributed by atoms with Gasteiger partial charge >= 0.3 is 5.97 Å². The number of benzene rings is 1. The minimum absolute atomic E-state index is 0.175. The van der Waals surface area contributed by atoms with Gasteiger partial charge in [-0.05, 0) is 43.5 Å². The van der Waals surface area contributed by atoms with E-state index in [0.29, 0.717) is 26.0 Å². The van der Waals surface area contributed by atoms with Gasteiger partial charge in [0.2, 0.25) is 5.91 Å². The molecule has 1 aromatic rings. The molecule has 1 aromatic carbocycles. The summed E-state index contributed by atoms with van der Waals surface area (Å²) >= 11 is 3.46. The molecule has 114 valence electrons. The van der Waals surface area contributed by atoms with Crippen molar-refractivity contribution in [2.24, 2.45) is 0 Å². The molecule has 0 radical (unpaired) electrons. The Morgan fingerprint density at radius 2 is 2.14 bits per heavy atom. The molecule has 0 unspecified atom stereocenters.